The van der Waals surface area contributed by atoms with E-state index in [-0.39, 0.29) is 12.0 Å². The summed E-state index contributed by atoms with van der Waals surface area (Å²) in [6, 6.07) is 5.50. The molecule has 1 unspecified atom stereocenters. The number of carbonyl (C=O) groups excluding carboxylic acids is 1. The molecule has 0 bridgehead atoms. The lowest BCUT2D eigenvalue weighted by molar-refractivity contribution is -0.117. The van der Waals surface area contributed by atoms with Gasteiger partial charge in [0.1, 0.15) is 0 Å². The van der Waals surface area contributed by atoms with Gasteiger partial charge >= 0.3 is 0 Å². The van der Waals surface area contributed by atoms with Crippen LogP contribution in [0.4, 0.5) is 11.4 Å². The molecule has 0 aliphatic carbocycles. The fraction of sp³-hybridized carbons (Fsp3) is 0.533. The maximum atomic E-state index is 11.8. The molecule has 0 aliphatic heterocycles. The van der Waals surface area contributed by atoms with Crippen LogP contribution in [0.2, 0.25) is 0 Å². The van der Waals surface area contributed by atoms with Crippen LogP contribution < -0.4 is 11.1 Å². The Balaban J connectivity index is 2.37. The highest BCUT2D eigenvalue weighted by molar-refractivity contribution is 5.92. The van der Waals surface area contributed by atoms with Gasteiger partial charge in [-0.25, -0.2) is 0 Å². The number of hydrogen-bond donors (Lipinski definition) is 2. The smallest absolute Gasteiger partial charge is 0.226 e. The minimum atomic E-state index is -0.0441. The van der Waals surface area contributed by atoms with E-state index in [9.17, 15) is 4.79 Å². The molecule has 1 atom stereocenters. The third-order valence-corrected chi connectivity index (χ3v) is 3.08. The molecule has 4 heteroatoms. The van der Waals surface area contributed by atoms with Crippen LogP contribution >= 0.6 is 0 Å². The van der Waals surface area contributed by atoms with E-state index >= 15 is 0 Å². The van der Waals surface area contributed by atoms with E-state index in [1.54, 1.807) is 0 Å². The van der Waals surface area contributed by atoms with Crippen LogP contribution in [0.3, 0.4) is 0 Å². The zero-order valence-corrected chi connectivity index (χ0v) is 12.0. The van der Waals surface area contributed by atoms with Crippen molar-refractivity contribution < 1.29 is 9.53 Å². The number of benzene rings is 1. The molecule has 0 spiro atoms. The Hall–Kier alpha value is -1.55. The number of amides is 1. The molecule has 0 aliphatic rings. The van der Waals surface area contributed by atoms with Crippen molar-refractivity contribution >= 4 is 17.3 Å². The fourth-order valence-corrected chi connectivity index (χ4v) is 1.84. The van der Waals surface area contributed by atoms with E-state index in [1.165, 1.54) is 0 Å². The average molecular weight is 264 g/mol. The van der Waals surface area contributed by atoms with Crippen molar-refractivity contribution in [2.75, 3.05) is 17.7 Å². The number of hydrogen-bond acceptors (Lipinski definition) is 3. The maximum Gasteiger partial charge on any atom is 0.226 e. The molecule has 0 radical (unpaired) electrons. The monoisotopic (exact) mass is 264 g/mol. The molecule has 0 aromatic heterocycles. The third-order valence-electron chi connectivity index (χ3n) is 3.08. The first-order chi connectivity index (χ1) is 9.04. The summed E-state index contributed by atoms with van der Waals surface area (Å²) in [4.78, 5) is 11.8. The van der Waals surface area contributed by atoms with Gasteiger partial charge in [0.15, 0.2) is 0 Å². The van der Waals surface area contributed by atoms with Crippen LogP contribution in [0.25, 0.3) is 0 Å². The lowest BCUT2D eigenvalue weighted by Gasteiger charge is -2.13. The molecular formula is C15H24N2O2. The Morgan fingerprint density at radius 1 is 1.47 bits per heavy atom. The number of anilines is 2. The quantitative estimate of drug-likeness (QED) is 0.744. The molecule has 0 heterocycles. The van der Waals surface area contributed by atoms with E-state index < -0.39 is 0 Å². The average Bonchev–Trinajstić information content (AvgIpc) is 2.35. The van der Waals surface area contributed by atoms with Gasteiger partial charge < -0.3 is 15.8 Å². The van der Waals surface area contributed by atoms with E-state index in [0.717, 1.165) is 24.1 Å². The van der Waals surface area contributed by atoms with Crippen molar-refractivity contribution in [2.45, 2.75) is 46.1 Å². The summed E-state index contributed by atoms with van der Waals surface area (Å²) in [5.41, 5.74) is 8.15. The zero-order valence-electron chi connectivity index (χ0n) is 12.0. The number of carbonyl (C=O) groups is 1. The lowest BCUT2D eigenvalue weighted by Crippen LogP contribution is -2.17. The zero-order chi connectivity index (χ0) is 14.3. The van der Waals surface area contributed by atoms with E-state index in [1.807, 2.05) is 32.0 Å². The second kappa shape index (κ2) is 7.79. The molecule has 0 saturated carbocycles. The Kier molecular flexibility index (Phi) is 6.36. The van der Waals surface area contributed by atoms with Crippen molar-refractivity contribution in [3.63, 3.8) is 0 Å². The van der Waals surface area contributed by atoms with Crippen LogP contribution in [0.15, 0.2) is 18.2 Å². The second-order valence-electron chi connectivity index (χ2n) is 4.79. The Bertz CT molecular complexity index is 419. The van der Waals surface area contributed by atoms with Crippen LogP contribution in [-0.4, -0.2) is 18.6 Å². The highest BCUT2D eigenvalue weighted by atomic mass is 16.5. The maximum absolute atomic E-state index is 11.8. The number of nitrogen functional groups attached to an aromatic ring is 1. The van der Waals surface area contributed by atoms with Gasteiger partial charge in [-0.15, -0.1) is 0 Å². The second-order valence-corrected chi connectivity index (χ2v) is 4.79. The molecule has 1 aromatic rings. The molecule has 0 fully saturated rings. The molecule has 19 heavy (non-hydrogen) atoms. The highest BCUT2D eigenvalue weighted by Gasteiger charge is 2.07. The van der Waals surface area contributed by atoms with Crippen LogP contribution in [0.1, 0.15) is 38.7 Å². The summed E-state index contributed by atoms with van der Waals surface area (Å²) in [6.07, 6.45) is 2.69. The summed E-state index contributed by atoms with van der Waals surface area (Å²) in [5, 5.41) is 2.86. The minimum absolute atomic E-state index is 0.0441. The van der Waals surface area contributed by atoms with Gasteiger partial charge in [-0.1, -0.05) is 19.4 Å². The molecule has 106 valence electrons. The first-order valence-corrected chi connectivity index (χ1v) is 6.81. The lowest BCUT2D eigenvalue weighted by atomic mass is 10.1. The normalized spacial score (nSPS) is 12.2. The van der Waals surface area contributed by atoms with E-state index in [0.29, 0.717) is 18.7 Å². The summed E-state index contributed by atoms with van der Waals surface area (Å²) in [7, 11) is 0. The largest absolute Gasteiger partial charge is 0.398 e. The minimum Gasteiger partial charge on any atom is -0.398 e. The molecule has 4 nitrogen and oxygen atoms in total. The van der Waals surface area contributed by atoms with Gasteiger partial charge in [0.25, 0.3) is 0 Å². The summed E-state index contributed by atoms with van der Waals surface area (Å²) < 4.78 is 5.56. The SMILES string of the molecule is CCCC(C)OCCC(=O)Nc1cccc(N)c1C. The first-order valence-electron chi connectivity index (χ1n) is 6.81. The van der Waals surface area contributed by atoms with Crippen LogP contribution in [-0.2, 0) is 9.53 Å². The molecule has 3 N–H and O–H groups in total. The predicted octanol–water partition coefficient (Wildman–Crippen LogP) is 3.11. The Labute approximate surface area is 115 Å². The Morgan fingerprint density at radius 3 is 2.89 bits per heavy atom. The van der Waals surface area contributed by atoms with Crippen molar-refractivity contribution in [1.29, 1.82) is 0 Å². The van der Waals surface area contributed by atoms with Crippen LogP contribution in [0.5, 0.6) is 0 Å². The van der Waals surface area contributed by atoms with Gasteiger partial charge in [-0.2, -0.15) is 0 Å². The van der Waals surface area contributed by atoms with Gasteiger partial charge in [-0.3, -0.25) is 4.79 Å². The van der Waals surface area contributed by atoms with E-state index in [4.69, 9.17) is 10.5 Å². The first kappa shape index (κ1) is 15.5. The summed E-state index contributed by atoms with van der Waals surface area (Å²) in [6.45, 7) is 6.50. The number of rotatable bonds is 7. The van der Waals surface area contributed by atoms with Crippen molar-refractivity contribution in [2.24, 2.45) is 0 Å². The fourth-order valence-electron chi connectivity index (χ4n) is 1.84. The van der Waals surface area contributed by atoms with Gasteiger partial charge in [0.05, 0.1) is 19.1 Å². The standard InChI is InChI=1S/C15H24N2O2/c1-4-6-11(2)19-10-9-15(18)17-14-8-5-7-13(16)12(14)3/h5,7-8,11H,4,6,9-10,16H2,1-3H3,(H,17,18). The number of nitrogens with two attached hydrogens (primary N) is 1. The molecule has 1 amide bonds. The topological polar surface area (TPSA) is 64.3 Å². The number of nitrogens with one attached hydrogen (secondary N) is 1. The molecular weight excluding hydrogens is 240 g/mol. The van der Waals surface area contributed by atoms with Crippen LogP contribution in [0, 0.1) is 6.92 Å². The van der Waals surface area contributed by atoms with Crippen molar-refractivity contribution in [1.82, 2.24) is 0 Å². The predicted molar refractivity (Wildman–Crippen MR) is 79.2 cm³/mol. The molecule has 1 aromatic carbocycles. The van der Waals surface area contributed by atoms with Crippen molar-refractivity contribution in [3.05, 3.63) is 23.8 Å². The summed E-state index contributed by atoms with van der Waals surface area (Å²) in [5.74, 6) is -0.0441. The summed E-state index contributed by atoms with van der Waals surface area (Å²) >= 11 is 0. The highest BCUT2D eigenvalue weighted by Crippen LogP contribution is 2.20. The van der Waals surface area contributed by atoms with E-state index in [2.05, 4.69) is 12.2 Å². The molecule has 0 saturated heterocycles. The van der Waals surface area contributed by atoms with Gasteiger partial charge in [0, 0.05) is 11.4 Å². The number of ether oxygens (including phenoxy) is 1. The Morgan fingerprint density at radius 2 is 2.21 bits per heavy atom. The van der Waals surface area contributed by atoms with Gasteiger partial charge in [0.2, 0.25) is 5.91 Å². The van der Waals surface area contributed by atoms with Crippen molar-refractivity contribution in [3.8, 4) is 0 Å². The molecule has 1 rings (SSSR count). The van der Waals surface area contributed by atoms with Gasteiger partial charge in [-0.05, 0) is 38.0 Å². The third kappa shape index (κ3) is 5.30.